The molecule has 1 saturated carbocycles. The van der Waals surface area contributed by atoms with Gasteiger partial charge in [-0.2, -0.15) is 0 Å². The molecule has 2 heteroatoms. The normalized spacial score (nSPS) is 14.1. The Bertz CT molecular complexity index is 558. The molecule has 0 radical (unpaired) electrons. The molecule has 1 N–H and O–H groups in total. The molecule has 1 aliphatic carbocycles. The molecule has 0 unspecified atom stereocenters. The summed E-state index contributed by atoms with van der Waals surface area (Å²) in [6, 6.07) is 17.1. The van der Waals surface area contributed by atoms with Crippen molar-refractivity contribution in [1.82, 2.24) is 0 Å². The van der Waals surface area contributed by atoms with Crippen molar-refractivity contribution in [3.63, 3.8) is 0 Å². The Morgan fingerprint density at radius 3 is 2.60 bits per heavy atom. The van der Waals surface area contributed by atoms with Gasteiger partial charge < -0.3 is 10.1 Å². The molecule has 0 atom stereocenters. The van der Waals surface area contributed by atoms with Gasteiger partial charge in [0.15, 0.2) is 0 Å². The average Bonchev–Trinajstić information content (AvgIpc) is 3.32. The molecule has 0 aromatic heterocycles. The summed E-state index contributed by atoms with van der Waals surface area (Å²) in [6.07, 6.45) is 2.71. The summed E-state index contributed by atoms with van der Waals surface area (Å²) in [5, 5.41) is 3.46. The number of rotatable bonds is 6. The summed E-state index contributed by atoms with van der Waals surface area (Å²) < 4.78 is 5.44. The molecular weight excluding hydrogens is 246 g/mol. The zero-order valence-electron chi connectivity index (χ0n) is 11.9. The van der Waals surface area contributed by atoms with Gasteiger partial charge in [0.25, 0.3) is 0 Å². The van der Waals surface area contributed by atoms with E-state index in [-0.39, 0.29) is 0 Å². The number of benzene rings is 2. The van der Waals surface area contributed by atoms with E-state index in [4.69, 9.17) is 4.74 Å². The van der Waals surface area contributed by atoms with Gasteiger partial charge in [-0.15, -0.1) is 0 Å². The Hall–Kier alpha value is -1.96. The topological polar surface area (TPSA) is 21.3 Å². The predicted octanol–water partition coefficient (Wildman–Crippen LogP) is 4.57. The minimum absolute atomic E-state index is 0.709. The maximum Gasteiger partial charge on any atom is 0.119 e. The van der Waals surface area contributed by atoms with Crippen molar-refractivity contribution < 1.29 is 4.74 Å². The maximum absolute atomic E-state index is 5.44. The van der Waals surface area contributed by atoms with E-state index in [1.165, 1.54) is 24.0 Å². The summed E-state index contributed by atoms with van der Waals surface area (Å²) >= 11 is 0. The monoisotopic (exact) mass is 267 g/mol. The molecule has 0 amide bonds. The molecule has 0 aliphatic heterocycles. The highest BCUT2D eigenvalue weighted by molar-refractivity contribution is 5.47. The molecule has 104 valence electrons. The van der Waals surface area contributed by atoms with Crippen LogP contribution in [-0.4, -0.2) is 6.61 Å². The first kappa shape index (κ1) is 13.0. The molecule has 2 aromatic rings. The molecule has 0 heterocycles. The van der Waals surface area contributed by atoms with Crippen LogP contribution >= 0.6 is 0 Å². The second-order valence-electron chi connectivity index (χ2n) is 5.33. The van der Waals surface area contributed by atoms with E-state index >= 15 is 0 Å². The molecule has 0 spiro atoms. The number of hydrogen-bond donors (Lipinski definition) is 1. The van der Waals surface area contributed by atoms with Crippen LogP contribution in [0.1, 0.15) is 36.8 Å². The van der Waals surface area contributed by atoms with Crippen molar-refractivity contribution in [2.45, 2.75) is 32.2 Å². The highest BCUT2D eigenvalue weighted by Crippen LogP contribution is 2.40. The molecule has 1 aliphatic rings. The Labute approximate surface area is 120 Å². The third-order valence-corrected chi connectivity index (χ3v) is 3.66. The minimum Gasteiger partial charge on any atom is -0.494 e. The van der Waals surface area contributed by atoms with Crippen molar-refractivity contribution in [3.8, 4) is 5.75 Å². The van der Waals surface area contributed by atoms with E-state index in [1.54, 1.807) is 0 Å². The van der Waals surface area contributed by atoms with Crippen molar-refractivity contribution in [3.05, 3.63) is 59.7 Å². The molecule has 0 saturated heterocycles. The van der Waals surface area contributed by atoms with Crippen LogP contribution in [0.3, 0.4) is 0 Å². The Morgan fingerprint density at radius 1 is 1.10 bits per heavy atom. The zero-order chi connectivity index (χ0) is 13.8. The standard InChI is InChI=1S/C18H21NO/c1-2-20-18-10-8-17(9-11-18)19-13-14-4-3-5-16(12-14)15-6-7-15/h3-5,8-12,15,19H,2,6-7,13H2,1H3. The lowest BCUT2D eigenvalue weighted by Gasteiger charge is -2.09. The fraction of sp³-hybridized carbons (Fsp3) is 0.333. The second-order valence-corrected chi connectivity index (χ2v) is 5.33. The van der Waals surface area contributed by atoms with E-state index in [0.717, 1.165) is 23.9 Å². The number of nitrogens with one attached hydrogen (secondary N) is 1. The van der Waals surface area contributed by atoms with Crippen molar-refractivity contribution >= 4 is 5.69 Å². The molecule has 2 nitrogen and oxygen atoms in total. The highest BCUT2D eigenvalue weighted by atomic mass is 16.5. The Morgan fingerprint density at radius 2 is 1.90 bits per heavy atom. The lowest BCUT2D eigenvalue weighted by atomic mass is 10.1. The number of ether oxygens (including phenoxy) is 1. The molecule has 2 aromatic carbocycles. The summed E-state index contributed by atoms with van der Waals surface area (Å²) in [6.45, 7) is 3.58. The Kier molecular flexibility index (Phi) is 3.91. The summed E-state index contributed by atoms with van der Waals surface area (Å²) in [5.41, 5.74) is 3.98. The van der Waals surface area contributed by atoms with Crippen LogP contribution in [0.15, 0.2) is 48.5 Å². The fourth-order valence-corrected chi connectivity index (χ4v) is 2.41. The van der Waals surface area contributed by atoms with Gasteiger partial charge in [0.1, 0.15) is 5.75 Å². The van der Waals surface area contributed by atoms with E-state index < -0.39 is 0 Å². The number of anilines is 1. The zero-order valence-corrected chi connectivity index (χ0v) is 11.9. The fourth-order valence-electron chi connectivity index (χ4n) is 2.41. The first-order valence-corrected chi connectivity index (χ1v) is 7.40. The second kappa shape index (κ2) is 6.00. The van der Waals surface area contributed by atoms with E-state index in [0.29, 0.717) is 6.61 Å². The predicted molar refractivity (Wildman–Crippen MR) is 83.4 cm³/mol. The summed E-state index contributed by atoms with van der Waals surface area (Å²) in [4.78, 5) is 0. The third kappa shape index (κ3) is 3.32. The van der Waals surface area contributed by atoms with Gasteiger partial charge in [-0.25, -0.2) is 0 Å². The van der Waals surface area contributed by atoms with Gasteiger partial charge in [-0.05, 0) is 61.1 Å². The third-order valence-electron chi connectivity index (χ3n) is 3.66. The Balaban J connectivity index is 1.59. The van der Waals surface area contributed by atoms with Crippen LogP contribution in [0.5, 0.6) is 5.75 Å². The van der Waals surface area contributed by atoms with Gasteiger partial charge in [0.2, 0.25) is 0 Å². The summed E-state index contributed by atoms with van der Waals surface area (Å²) in [5.74, 6) is 1.74. The maximum atomic E-state index is 5.44. The van der Waals surface area contributed by atoms with Crippen molar-refractivity contribution in [2.24, 2.45) is 0 Å². The molecule has 0 bridgehead atoms. The van der Waals surface area contributed by atoms with Gasteiger partial charge in [0.05, 0.1) is 6.61 Å². The minimum atomic E-state index is 0.709. The van der Waals surface area contributed by atoms with Crippen molar-refractivity contribution in [1.29, 1.82) is 0 Å². The average molecular weight is 267 g/mol. The van der Waals surface area contributed by atoms with Gasteiger partial charge in [0, 0.05) is 12.2 Å². The van der Waals surface area contributed by atoms with Crippen LogP contribution in [0.25, 0.3) is 0 Å². The number of hydrogen-bond acceptors (Lipinski definition) is 2. The van der Waals surface area contributed by atoms with Crippen molar-refractivity contribution in [2.75, 3.05) is 11.9 Å². The van der Waals surface area contributed by atoms with E-state index in [1.807, 2.05) is 19.1 Å². The first-order valence-electron chi connectivity index (χ1n) is 7.40. The van der Waals surface area contributed by atoms with Crippen LogP contribution in [0.2, 0.25) is 0 Å². The smallest absolute Gasteiger partial charge is 0.119 e. The molecular formula is C18H21NO. The highest BCUT2D eigenvalue weighted by Gasteiger charge is 2.23. The largest absolute Gasteiger partial charge is 0.494 e. The quantitative estimate of drug-likeness (QED) is 0.827. The summed E-state index contributed by atoms with van der Waals surface area (Å²) in [7, 11) is 0. The van der Waals surface area contributed by atoms with Crippen LogP contribution in [0.4, 0.5) is 5.69 Å². The first-order chi connectivity index (χ1) is 9.85. The lowest BCUT2D eigenvalue weighted by molar-refractivity contribution is 0.340. The van der Waals surface area contributed by atoms with E-state index in [9.17, 15) is 0 Å². The van der Waals surface area contributed by atoms with Gasteiger partial charge in [-0.3, -0.25) is 0 Å². The van der Waals surface area contributed by atoms with Crippen LogP contribution < -0.4 is 10.1 Å². The van der Waals surface area contributed by atoms with Crippen LogP contribution in [-0.2, 0) is 6.54 Å². The molecule has 1 fully saturated rings. The molecule has 20 heavy (non-hydrogen) atoms. The van der Waals surface area contributed by atoms with Gasteiger partial charge in [-0.1, -0.05) is 24.3 Å². The van der Waals surface area contributed by atoms with Gasteiger partial charge >= 0.3 is 0 Å². The van der Waals surface area contributed by atoms with Crippen LogP contribution in [0, 0.1) is 0 Å². The SMILES string of the molecule is CCOc1ccc(NCc2cccc(C3CC3)c2)cc1. The molecule has 3 rings (SSSR count). The van der Waals surface area contributed by atoms with E-state index in [2.05, 4.69) is 41.7 Å². The lowest BCUT2D eigenvalue weighted by Crippen LogP contribution is -2.00.